The van der Waals surface area contributed by atoms with Crippen molar-refractivity contribution in [3.63, 3.8) is 0 Å². The minimum absolute atomic E-state index is 0.326. The Morgan fingerprint density at radius 1 is 1.04 bits per heavy atom. The summed E-state index contributed by atoms with van der Waals surface area (Å²) in [5.41, 5.74) is 3.22. The Bertz CT molecular complexity index is 1110. The van der Waals surface area contributed by atoms with E-state index in [0.29, 0.717) is 12.2 Å². The van der Waals surface area contributed by atoms with E-state index >= 15 is 0 Å². The molecule has 4 rings (SSSR count). The van der Waals surface area contributed by atoms with Gasteiger partial charge in [0, 0.05) is 36.0 Å². The summed E-state index contributed by atoms with van der Waals surface area (Å²) in [6, 6.07) is 18.0. The number of aromatic nitrogens is 1. The van der Waals surface area contributed by atoms with E-state index in [1.165, 1.54) is 12.3 Å². The second-order valence-electron chi connectivity index (χ2n) is 6.26. The molecule has 3 aromatic carbocycles. The summed E-state index contributed by atoms with van der Waals surface area (Å²) in [6.07, 6.45) is 2.67. The third-order valence-electron chi connectivity index (χ3n) is 4.59. The van der Waals surface area contributed by atoms with Crippen molar-refractivity contribution in [3.05, 3.63) is 71.9 Å². The first-order chi connectivity index (χ1) is 12.7. The van der Waals surface area contributed by atoms with Crippen LogP contribution in [0.3, 0.4) is 0 Å². The van der Waals surface area contributed by atoms with Crippen LogP contribution in [0, 0.1) is 0 Å². The molecule has 0 bridgehead atoms. The van der Waals surface area contributed by atoms with Gasteiger partial charge in [-0.15, -0.1) is 0 Å². The second kappa shape index (κ2) is 6.56. The largest absolute Gasteiger partial charge is 0.497 e. The Kier molecular flexibility index (Phi) is 4.09. The molecule has 0 saturated heterocycles. The molecule has 0 fully saturated rings. The predicted octanol–water partition coefficient (Wildman–Crippen LogP) is 4.85. The van der Waals surface area contributed by atoms with Gasteiger partial charge in [-0.1, -0.05) is 30.3 Å². The molecule has 0 saturated carbocycles. The zero-order valence-corrected chi connectivity index (χ0v) is 14.7. The van der Waals surface area contributed by atoms with E-state index in [9.17, 15) is 4.79 Å². The zero-order valence-electron chi connectivity index (χ0n) is 14.7. The Hall–Kier alpha value is -3.27. The number of methoxy groups -OCH3 is 1. The average molecular weight is 345 g/mol. The highest BCUT2D eigenvalue weighted by molar-refractivity contribution is 5.91. The van der Waals surface area contributed by atoms with Gasteiger partial charge in [-0.05, 0) is 40.6 Å². The number of para-hydroxylation sites is 1. The molecule has 0 unspecified atom stereocenters. The number of nitrogens with one attached hydrogen (secondary N) is 1. The van der Waals surface area contributed by atoms with Crippen LogP contribution in [-0.4, -0.2) is 18.1 Å². The lowest BCUT2D eigenvalue weighted by atomic mass is 9.97. The topological polar surface area (TPSA) is 51.3 Å². The monoisotopic (exact) mass is 345 g/mol. The van der Waals surface area contributed by atoms with Crippen LogP contribution in [0.15, 0.2) is 60.8 Å². The van der Waals surface area contributed by atoms with Crippen molar-refractivity contribution in [2.24, 2.45) is 0 Å². The van der Waals surface area contributed by atoms with Crippen LogP contribution in [0.5, 0.6) is 11.5 Å². The highest BCUT2D eigenvalue weighted by Crippen LogP contribution is 2.34. The van der Waals surface area contributed by atoms with Crippen molar-refractivity contribution in [1.82, 2.24) is 4.98 Å². The fourth-order valence-corrected chi connectivity index (χ4v) is 3.37. The van der Waals surface area contributed by atoms with Crippen molar-refractivity contribution in [3.8, 4) is 11.5 Å². The molecule has 4 nitrogen and oxygen atoms in total. The number of hydrogen-bond acceptors (Lipinski definition) is 3. The molecule has 0 aliphatic carbocycles. The minimum Gasteiger partial charge on any atom is -0.497 e. The van der Waals surface area contributed by atoms with Gasteiger partial charge in [0.25, 0.3) is 0 Å². The molecule has 130 valence electrons. The maximum Gasteiger partial charge on any atom is 0.308 e. The van der Waals surface area contributed by atoms with Crippen LogP contribution in [-0.2, 0) is 11.2 Å². The van der Waals surface area contributed by atoms with Crippen LogP contribution in [0.4, 0.5) is 0 Å². The Balaban J connectivity index is 1.91. The van der Waals surface area contributed by atoms with E-state index in [-0.39, 0.29) is 5.97 Å². The van der Waals surface area contributed by atoms with Gasteiger partial charge in [-0.3, -0.25) is 4.79 Å². The third-order valence-corrected chi connectivity index (χ3v) is 4.59. The Morgan fingerprint density at radius 2 is 1.85 bits per heavy atom. The van der Waals surface area contributed by atoms with Gasteiger partial charge in [-0.2, -0.15) is 0 Å². The number of fused-ring (bicyclic) bond motifs is 2. The molecular formula is C22H19NO3. The van der Waals surface area contributed by atoms with E-state index in [1.807, 2.05) is 48.7 Å². The summed E-state index contributed by atoms with van der Waals surface area (Å²) in [4.78, 5) is 14.9. The number of esters is 1. The summed E-state index contributed by atoms with van der Waals surface area (Å²) in [5, 5.41) is 3.27. The highest BCUT2D eigenvalue weighted by atomic mass is 16.5. The highest BCUT2D eigenvalue weighted by Gasteiger charge is 2.14. The molecule has 0 atom stereocenters. The molecule has 0 aliphatic heterocycles. The fourth-order valence-electron chi connectivity index (χ4n) is 3.37. The predicted molar refractivity (Wildman–Crippen MR) is 103 cm³/mol. The van der Waals surface area contributed by atoms with Crippen LogP contribution >= 0.6 is 0 Å². The van der Waals surface area contributed by atoms with Gasteiger partial charge in [0.05, 0.1) is 7.11 Å². The van der Waals surface area contributed by atoms with Gasteiger partial charge < -0.3 is 14.5 Å². The lowest BCUT2D eigenvalue weighted by molar-refractivity contribution is -0.131. The van der Waals surface area contributed by atoms with E-state index in [4.69, 9.17) is 9.47 Å². The molecular weight excluding hydrogens is 326 g/mol. The molecule has 26 heavy (non-hydrogen) atoms. The zero-order chi connectivity index (χ0) is 18.1. The maximum atomic E-state index is 11.6. The molecule has 0 radical (unpaired) electrons. The number of hydrogen-bond donors (Lipinski definition) is 1. The summed E-state index contributed by atoms with van der Waals surface area (Å²) < 4.78 is 10.9. The van der Waals surface area contributed by atoms with E-state index < -0.39 is 0 Å². The molecule has 0 amide bonds. The van der Waals surface area contributed by atoms with Gasteiger partial charge in [0.1, 0.15) is 11.5 Å². The number of carbonyl (C=O) groups excluding carboxylic acids is 1. The first-order valence-electron chi connectivity index (χ1n) is 8.49. The summed E-state index contributed by atoms with van der Waals surface area (Å²) in [7, 11) is 1.65. The first kappa shape index (κ1) is 16.2. The molecule has 0 spiro atoms. The molecule has 1 aromatic heterocycles. The lowest BCUT2D eigenvalue weighted by Gasteiger charge is -2.13. The van der Waals surface area contributed by atoms with Crippen LogP contribution in [0.1, 0.15) is 18.1 Å². The minimum atomic E-state index is -0.326. The molecule has 0 aliphatic rings. The number of H-pyrrole nitrogens is 1. The van der Waals surface area contributed by atoms with E-state index in [2.05, 4.69) is 17.1 Å². The maximum absolute atomic E-state index is 11.6. The van der Waals surface area contributed by atoms with E-state index in [1.54, 1.807) is 7.11 Å². The van der Waals surface area contributed by atoms with Gasteiger partial charge in [0.2, 0.25) is 0 Å². The van der Waals surface area contributed by atoms with Crippen molar-refractivity contribution in [2.75, 3.05) is 7.11 Å². The standard InChI is InChI=1S/C22H19NO3/c1-14(24)26-22-10-8-15-7-9-17(25-2)12-19(15)20(22)11-16-13-23-21-6-4-3-5-18(16)21/h3-10,12-13,23H,11H2,1-2H3. The van der Waals surface area contributed by atoms with Gasteiger partial charge in [-0.25, -0.2) is 0 Å². The van der Waals surface area contributed by atoms with Crippen molar-refractivity contribution in [1.29, 1.82) is 0 Å². The number of carbonyl (C=O) groups is 1. The quantitative estimate of drug-likeness (QED) is 0.425. The lowest BCUT2D eigenvalue weighted by Crippen LogP contribution is -2.05. The third kappa shape index (κ3) is 2.90. The van der Waals surface area contributed by atoms with Crippen LogP contribution < -0.4 is 9.47 Å². The summed E-state index contributed by atoms with van der Waals surface area (Å²) in [5.74, 6) is 1.04. The van der Waals surface area contributed by atoms with Crippen molar-refractivity contribution < 1.29 is 14.3 Å². The molecule has 1 N–H and O–H groups in total. The second-order valence-corrected chi connectivity index (χ2v) is 6.26. The SMILES string of the molecule is COc1ccc2ccc(OC(C)=O)c(Cc3c[nH]c4ccccc34)c2c1. The molecule has 4 aromatic rings. The summed E-state index contributed by atoms with van der Waals surface area (Å²) in [6.45, 7) is 1.42. The van der Waals surface area contributed by atoms with Crippen LogP contribution in [0.25, 0.3) is 21.7 Å². The molecule has 1 heterocycles. The van der Waals surface area contributed by atoms with Crippen molar-refractivity contribution >= 4 is 27.6 Å². The molecule has 4 heteroatoms. The van der Waals surface area contributed by atoms with Crippen molar-refractivity contribution in [2.45, 2.75) is 13.3 Å². The normalized spacial score (nSPS) is 11.0. The summed E-state index contributed by atoms with van der Waals surface area (Å²) >= 11 is 0. The Morgan fingerprint density at radius 3 is 2.65 bits per heavy atom. The smallest absolute Gasteiger partial charge is 0.308 e. The number of aromatic amines is 1. The first-order valence-corrected chi connectivity index (χ1v) is 8.49. The van der Waals surface area contributed by atoms with Gasteiger partial charge >= 0.3 is 5.97 Å². The number of rotatable bonds is 4. The van der Waals surface area contributed by atoms with Gasteiger partial charge in [0.15, 0.2) is 0 Å². The number of benzene rings is 3. The average Bonchev–Trinajstić information content (AvgIpc) is 3.06. The fraction of sp³-hybridized carbons (Fsp3) is 0.136. The Labute approximate surface area is 151 Å². The van der Waals surface area contributed by atoms with E-state index in [0.717, 1.165) is 33.2 Å². The number of ether oxygens (including phenoxy) is 2. The van der Waals surface area contributed by atoms with Crippen LogP contribution in [0.2, 0.25) is 0 Å².